The molecule has 2 amide bonds. The Morgan fingerprint density at radius 1 is 1.28 bits per heavy atom. The second-order valence-corrected chi connectivity index (χ2v) is 7.29. The second-order valence-electron chi connectivity index (χ2n) is 7.29. The molecule has 1 heterocycles. The molecule has 4 atom stereocenters. The third kappa shape index (κ3) is 5.90. The van der Waals surface area contributed by atoms with Crippen LogP contribution in [0.25, 0.3) is 0 Å². The summed E-state index contributed by atoms with van der Waals surface area (Å²) in [6, 6.07) is 7.90. The number of benzene rings is 1. The third-order valence-corrected chi connectivity index (χ3v) is 4.51. The molecule has 4 unspecified atom stereocenters. The van der Waals surface area contributed by atoms with Crippen LogP contribution in [0, 0.1) is 5.92 Å². The van der Waals surface area contributed by atoms with Crippen molar-refractivity contribution in [1.29, 1.82) is 0 Å². The van der Waals surface area contributed by atoms with Gasteiger partial charge in [0.25, 0.3) is 0 Å². The first kappa shape index (κ1) is 22.6. The molecule has 158 valence electrons. The number of carbonyl (C=O) groups is 2. The molecule has 1 saturated heterocycles. The average Bonchev–Trinajstić information content (AvgIpc) is 2.99. The van der Waals surface area contributed by atoms with Gasteiger partial charge in [-0.1, -0.05) is 44.2 Å². The van der Waals surface area contributed by atoms with Crippen molar-refractivity contribution in [2.24, 2.45) is 5.92 Å². The topological polar surface area (TPSA) is 67.9 Å². The van der Waals surface area contributed by atoms with Gasteiger partial charge in [0.05, 0.1) is 5.56 Å². The van der Waals surface area contributed by atoms with Crippen molar-refractivity contribution >= 4 is 12.0 Å². The van der Waals surface area contributed by atoms with Gasteiger partial charge >= 0.3 is 12.0 Å². The molecular weight excluding hydrogens is 375 g/mol. The second kappa shape index (κ2) is 10.8. The minimum Gasteiger partial charge on any atom is -0.453 e. The standard InChI is InChI=1S/C22H29FN2O4/c1-5-12-24-22(27)25(13-6-2)20-18(23)19(17(28-20)14-15(3)4)29-21(26)16-10-8-7-9-11-16/h5-11,15,17-20H,1-2,12-14H2,3-4H3,(H,24,27). The fourth-order valence-corrected chi connectivity index (χ4v) is 3.21. The Kier molecular flexibility index (Phi) is 8.39. The van der Waals surface area contributed by atoms with E-state index in [1.54, 1.807) is 30.3 Å². The molecule has 0 aliphatic carbocycles. The maximum atomic E-state index is 15.4. The van der Waals surface area contributed by atoms with Gasteiger partial charge in [0, 0.05) is 13.1 Å². The molecule has 1 aliphatic rings. The number of hydrogen-bond acceptors (Lipinski definition) is 4. The van der Waals surface area contributed by atoms with E-state index in [4.69, 9.17) is 9.47 Å². The van der Waals surface area contributed by atoms with Crippen LogP contribution < -0.4 is 5.32 Å². The van der Waals surface area contributed by atoms with Crippen LogP contribution in [0.3, 0.4) is 0 Å². The summed E-state index contributed by atoms with van der Waals surface area (Å²) in [5.41, 5.74) is 0.332. The van der Waals surface area contributed by atoms with E-state index in [0.29, 0.717) is 12.0 Å². The molecule has 1 aromatic carbocycles. The number of urea groups is 1. The summed E-state index contributed by atoms with van der Waals surface area (Å²) in [7, 11) is 0. The first-order valence-corrected chi connectivity index (χ1v) is 9.70. The zero-order chi connectivity index (χ0) is 21.4. The summed E-state index contributed by atoms with van der Waals surface area (Å²) in [4.78, 5) is 26.2. The van der Waals surface area contributed by atoms with Crippen LogP contribution in [0.5, 0.6) is 0 Å². The molecule has 7 heteroatoms. The van der Waals surface area contributed by atoms with E-state index in [1.165, 1.54) is 17.1 Å². The van der Waals surface area contributed by atoms with Gasteiger partial charge in [0.1, 0.15) is 6.10 Å². The van der Waals surface area contributed by atoms with Gasteiger partial charge in [-0.25, -0.2) is 14.0 Å². The van der Waals surface area contributed by atoms with E-state index >= 15 is 4.39 Å². The van der Waals surface area contributed by atoms with Gasteiger partial charge in [0.15, 0.2) is 18.5 Å². The normalized spacial score (nSPS) is 23.4. The molecule has 0 spiro atoms. The quantitative estimate of drug-likeness (QED) is 0.503. The Balaban J connectivity index is 2.22. The lowest BCUT2D eigenvalue weighted by molar-refractivity contribution is -0.0587. The van der Waals surface area contributed by atoms with Crippen LogP contribution in [0.15, 0.2) is 55.6 Å². The van der Waals surface area contributed by atoms with Crippen molar-refractivity contribution in [2.75, 3.05) is 13.1 Å². The number of alkyl halides is 1. The Morgan fingerprint density at radius 2 is 1.97 bits per heavy atom. The molecule has 1 N–H and O–H groups in total. The Hall–Kier alpha value is -2.67. The molecule has 2 rings (SSSR count). The molecule has 0 aromatic heterocycles. The molecule has 6 nitrogen and oxygen atoms in total. The van der Waals surface area contributed by atoms with Crippen molar-refractivity contribution in [1.82, 2.24) is 10.2 Å². The van der Waals surface area contributed by atoms with Crippen molar-refractivity contribution in [2.45, 2.75) is 44.9 Å². The van der Waals surface area contributed by atoms with Crippen LogP contribution in [0.4, 0.5) is 9.18 Å². The highest BCUT2D eigenvalue weighted by molar-refractivity contribution is 5.89. The molecule has 0 radical (unpaired) electrons. The van der Waals surface area contributed by atoms with Crippen LogP contribution >= 0.6 is 0 Å². The van der Waals surface area contributed by atoms with Crippen molar-refractivity contribution in [3.63, 3.8) is 0 Å². The number of halogens is 1. The third-order valence-electron chi connectivity index (χ3n) is 4.51. The highest BCUT2D eigenvalue weighted by atomic mass is 19.1. The van der Waals surface area contributed by atoms with Gasteiger partial charge < -0.3 is 14.8 Å². The van der Waals surface area contributed by atoms with Crippen LogP contribution in [0.2, 0.25) is 0 Å². The predicted molar refractivity (Wildman–Crippen MR) is 109 cm³/mol. The molecule has 1 aromatic rings. The van der Waals surface area contributed by atoms with E-state index in [1.807, 2.05) is 13.8 Å². The summed E-state index contributed by atoms with van der Waals surface area (Å²) < 4.78 is 26.8. The van der Waals surface area contributed by atoms with Gasteiger partial charge in [0.2, 0.25) is 0 Å². The minimum atomic E-state index is -1.69. The van der Waals surface area contributed by atoms with E-state index in [2.05, 4.69) is 18.5 Å². The van der Waals surface area contributed by atoms with E-state index < -0.39 is 36.6 Å². The highest BCUT2D eigenvalue weighted by Crippen LogP contribution is 2.33. The monoisotopic (exact) mass is 404 g/mol. The first-order valence-electron chi connectivity index (χ1n) is 9.70. The van der Waals surface area contributed by atoms with Crippen molar-refractivity contribution in [3.8, 4) is 0 Å². The number of nitrogens with one attached hydrogen (secondary N) is 1. The molecule has 0 saturated carbocycles. The van der Waals surface area contributed by atoms with Gasteiger partial charge in [-0.15, -0.1) is 13.2 Å². The molecule has 0 bridgehead atoms. The van der Waals surface area contributed by atoms with Crippen molar-refractivity contribution < 1.29 is 23.5 Å². The first-order chi connectivity index (χ1) is 13.9. The lowest BCUT2D eigenvalue weighted by Gasteiger charge is -2.28. The van der Waals surface area contributed by atoms with Crippen LogP contribution in [-0.2, 0) is 9.47 Å². The zero-order valence-corrected chi connectivity index (χ0v) is 16.9. The lowest BCUT2D eigenvalue weighted by Crippen LogP contribution is -2.50. The number of hydrogen-bond donors (Lipinski definition) is 1. The summed E-state index contributed by atoms with van der Waals surface area (Å²) in [6.07, 6.45) is -1.16. The largest absolute Gasteiger partial charge is 0.453 e. The number of nitrogens with zero attached hydrogens (tertiary/aromatic N) is 1. The molecule has 1 aliphatic heterocycles. The van der Waals surface area contributed by atoms with Crippen LogP contribution in [-0.4, -0.2) is 54.6 Å². The Labute approximate surface area is 171 Å². The summed E-state index contributed by atoms with van der Waals surface area (Å²) in [5.74, 6) is -0.436. The Morgan fingerprint density at radius 3 is 2.55 bits per heavy atom. The number of esters is 1. The van der Waals surface area contributed by atoms with E-state index in [9.17, 15) is 9.59 Å². The number of carbonyl (C=O) groups excluding carboxylic acids is 2. The maximum absolute atomic E-state index is 15.4. The highest BCUT2D eigenvalue weighted by Gasteiger charge is 2.51. The summed E-state index contributed by atoms with van der Waals surface area (Å²) in [6.45, 7) is 11.4. The van der Waals surface area contributed by atoms with E-state index in [0.717, 1.165) is 0 Å². The molecule has 1 fully saturated rings. The fourth-order valence-electron chi connectivity index (χ4n) is 3.21. The summed E-state index contributed by atoms with van der Waals surface area (Å²) >= 11 is 0. The summed E-state index contributed by atoms with van der Waals surface area (Å²) in [5, 5.41) is 2.62. The lowest BCUT2D eigenvalue weighted by atomic mass is 10.0. The number of ether oxygens (including phenoxy) is 2. The number of amides is 2. The van der Waals surface area contributed by atoms with Crippen LogP contribution in [0.1, 0.15) is 30.6 Å². The molecular formula is C22H29FN2O4. The SMILES string of the molecule is C=CCNC(=O)N(CC=C)C1OC(CC(C)C)C(OC(=O)c2ccccc2)C1F. The molecule has 29 heavy (non-hydrogen) atoms. The average molecular weight is 404 g/mol. The smallest absolute Gasteiger partial charge is 0.338 e. The predicted octanol–water partition coefficient (Wildman–Crippen LogP) is 3.70. The van der Waals surface area contributed by atoms with Gasteiger partial charge in [-0.05, 0) is 24.5 Å². The fraction of sp³-hybridized carbons (Fsp3) is 0.455. The van der Waals surface area contributed by atoms with E-state index in [-0.39, 0.29) is 19.0 Å². The minimum absolute atomic E-state index is 0.0851. The Bertz CT molecular complexity index is 710. The van der Waals surface area contributed by atoms with Crippen molar-refractivity contribution in [3.05, 3.63) is 61.2 Å². The maximum Gasteiger partial charge on any atom is 0.338 e. The van der Waals surface area contributed by atoms with Gasteiger partial charge in [-0.2, -0.15) is 0 Å². The zero-order valence-electron chi connectivity index (χ0n) is 16.9. The number of rotatable bonds is 9. The van der Waals surface area contributed by atoms with Gasteiger partial charge in [-0.3, -0.25) is 4.90 Å².